The maximum Gasteiger partial charge on any atom is 0.296 e. The molecule has 0 saturated heterocycles. The van der Waals surface area contributed by atoms with Crippen LogP contribution < -0.4 is 0 Å². The molecule has 0 aromatic heterocycles. The van der Waals surface area contributed by atoms with Crippen molar-refractivity contribution < 1.29 is 9.22 Å². The smallest absolute Gasteiger partial charge is 0.296 e. The molecule has 0 radical (unpaired) electrons. The van der Waals surface area contributed by atoms with Gasteiger partial charge in [-0.2, -0.15) is 0 Å². The fraction of sp³-hybridized carbons (Fsp3) is 0.500. The summed E-state index contributed by atoms with van der Waals surface area (Å²) in [5.41, 5.74) is 1.01. The van der Waals surface area contributed by atoms with E-state index in [-0.39, 0.29) is 11.0 Å². The van der Waals surface area contributed by atoms with E-state index in [2.05, 4.69) is 33.9 Å². The van der Waals surface area contributed by atoms with Crippen molar-refractivity contribution in [3.05, 3.63) is 35.9 Å². The molecule has 0 heterocycles. The van der Waals surface area contributed by atoms with E-state index in [0.29, 0.717) is 6.42 Å². The van der Waals surface area contributed by atoms with E-state index >= 15 is 0 Å². The van der Waals surface area contributed by atoms with Crippen molar-refractivity contribution in [2.45, 2.75) is 45.3 Å². The van der Waals surface area contributed by atoms with Crippen molar-refractivity contribution in [1.29, 1.82) is 0 Å². The molecule has 1 aromatic rings. The highest BCUT2D eigenvalue weighted by Crippen LogP contribution is 2.36. The SMILES string of the molecule is CC(C)(C)[Si](C)(C)OC(=O)Cc1ccccc1. The summed E-state index contributed by atoms with van der Waals surface area (Å²) in [4.78, 5) is 11.9. The predicted molar refractivity (Wildman–Crippen MR) is 73.4 cm³/mol. The quantitative estimate of drug-likeness (QED) is 0.763. The number of rotatable bonds is 3. The molecule has 0 aliphatic heterocycles. The van der Waals surface area contributed by atoms with E-state index in [1.165, 1.54) is 0 Å². The van der Waals surface area contributed by atoms with E-state index < -0.39 is 8.32 Å². The fourth-order valence-electron chi connectivity index (χ4n) is 1.24. The van der Waals surface area contributed by atoms with Gasteiger partial charge in [0, 0.05) is 0 Å². The van der Waals surface area contributed by atoms with Gasteiger partial charge < -0.3 is 4.43 Å². The van der Waals surface area contributed by atoms with Gasteiger partial charge in [-0.25, -0.2) is 0 Å². The van der Waals surface area contributed by atoms with Crippen LogP contribution >= 0.6 is 0 Å². The Bertz CT molecular complexity index is 377. The molecule has 94 valence electrons. The predicted octanol–water partition coefficient (Wildman–Crippen LogP) is 3.78. The molecular weight excluding hydrogens is 228 g/mol. The molecular formula is C14H22O2Si. The van der Waals surface area contributed by atoms with Gasteiger partial charge in [0.25, 0.3) is 14.3 Å². The lowest BCUT2D eigenvalue weighted by molar-refractivity contribution is -0.134. The maximum atomic E-state index is 11.9. The summed E-state index contributed by atoms with van der Waals surface area (Å²) in [6, 6.07) is 9.73. The monoisotopic (exact) mass is 250 g/mol. The van der Waals surface area contributed by atoms with Crippen LogP contribution in [0.25, 0.3) is 0 Å². The third-order valence-electron chi connectivity index (χ3n) is 3.37. The average molecular weight is 250 g/mol. The summed E-state index contributed by atoms with van der Waals surface area (Å²) in [5.74, 6) is -0.109. The minimum absolute atomic E-state index is 0.0688. The molecule has 0 unspecified atom stereocenters. The van der Waals surface area contributed by atoms with Gasteiger partial charge in [-0.05, 0) is 23.7 Å². The number of benzene rings is 1. The topological polar surface area (TPSA) is 26.3 Å². The molecule has 3 heteroatoms. The summed E-state index contributed by atoms with van der Waals surface area (Å²) in [7, 11) is -1.97. The summed E-state index contributed by atoms with van der Waals surface area (Å²) < 4.78 is 5.71. The molecule has 0 N–H and O–H groups in total. The number of carbonyl (C=O) groups is 1. The first-order chi connectivity index (χ1) is 7.72. The van der Waals surface area contributed by atoms with E-state index in [1.807, 2.05) is 30.3 Å². The van der Waals surface area contributed by atoms with Crippen LogP contribution in [0.3, 0.4) is 0 Å². The first-order valence-corrected chi connectivity index (χ1v) is 8.89. The second kappa shape index (κ2) is 5.04. The maximum absolute atomic E-state index is 11.9. The molecule has 0 bridgehead atoms. The van der Waals surface area contributed by atoms with E-state index in [1.54, 1.807) is 0 Å². The Morgan fingerprint density at radius 1 is 1.18 bits per heavy atom. The zero-order valence-corrected chi connectivity index (χ0v) is 12.4. The molecule has 1 rings (SSSR count). The lowest BCUT2D eigenvalue weighted by atomic mass is 10.2. The second-order valence-corrected chi connectivity index (χ2v) is 10.6. The molecule has 0 fully saturated rings. The lowest BCUT2D eigenvalue weighted by Crippen LogP contribution is -2.42. The van der Waals surface area contributed by atoms with Gasteiger partial charge in [0.15, 0.2) is 0 Å². The lowest BCUT2D eigenvalue weighted by Gasteiger charge is -2.35. The molecule has 0 saturated carbocycles. The standard InChI is InChI=1S/C14H22O2Si/c1-14(2,3)17(4,5)16-13(15)11-12-9-7-6-8-10-12/h6-10H,11H2,1-5H3. The first-order valence-electron chi connectivity index (χ1n) is 5.98. The van der Waals surface area contributed by atoms with Crippen molar-refractivity contribution in [2.24, 2.45) is 0 Å². The highest BCUT2D eigenvalue weighted by molar-refractivity contribution is 6.75. The van der Waals surface area contributed by atoms with Gasteiger partial charge in [0.1, 0.15) is 0 Å². The number of hydrogen-bond donors (Lipinski definition) is 0. The van der Waals surface area contributed by atoms with Gasteiger partial charge in [-0.3, -0.25) is 4.79 Å². The van der Waals surface area contributed by atoms with Crippen LogP contribution in [-0.4, -0.2) is 14.3 Å². The number of carbonyl (C=O) groups excluding carboxylic acids is 1. The highest BCUT2D eigenvalue weighted by Gasteiger charge is 2.40. The molecule has 1 aromatic carbocycles. The Morgan fingerprint density at radius 3 is 2.18 bits per heavy atom. The first kappa shape index (κ1) is 14.0. The molecule has 0 atom stereocenters. The average Bonchev–Trinajstić information content (AvgIpc) is 2.16. The largest absolute Gasteiger partial charge is 0.519 e. The Labute approximate surface area is 105 Å². The Morgan fingerprint density at radius 2 is 1.71 bits per heavy atom. The molecule has 2 nitrogen and oxygen atoms in total. The van der Waals surface area contributed by atoms with E-state index in [9.17, 15) is 4.79 Å². The van der Waals surface area contributed by atoms with Crippen LogP contribution in [0.4, 0.5) is 0 Å². The van der Waals surface area contributed by atoms with Crippen LogP contribution in [0.2, 0.25) is 18.1 Å². The van der Waals surface area contributed by atoms with Gasteiger partial charge >= 0.3 is 0 Å². The minimum Gasteiger partial charge on any atom is -0.519 e. The van der Waals surface area contributed by atoms with Crippen LogP contribution in [0.1, 0.15) is 26.3 Å². The number of hydrogen-bond acceptors (Lipinski definition) is 2. The van der Waals surface area contributed by atoms with E-state index in [4.69, 9.17) is 4.43 Å². The summed E-state index contributed by atoms with van der Waals surface area (Å²) in [6.45, 7) is 10.6. The molecule has 0 amide bonds. The van der Waals surface area contributed by atoms with E-state index in [0.717, 1.165) is 5.56 Å². The highest BCUT2D eigenvalue weighted by atomic mass is 28.4. The van der Waals surface area contributed by atoms with Crippen LogP contribution in [0, 0.1) is 0 Å². The van der Waals surface area contributed by atoms with Crippen molar-refractivity contribution in [3.63, 3.8) is 0 Å². The van der Waals surface area contributed by atoms with Crippen molar-refractivity contribution in [3.8, 4) is 0 Å². The zero-order chi connectivity index (χ0) is 13.1. The third kappa shape index (κ3) is 4.00. The molecule has 17 heavy (non-hydrogen) atoms. The normalized spacial score (nSPS) is 12.3. The van der Waals surface area contributed by atoms with Gasteiger partial charge in [-0.15, -0.1) is 0 Å². The van der Waals surface area contributed by atoms with Gasteiger partial charge in [0.05, 0.1) is 6.42 Å². The Balaban J connectivity index is 2.62. The summed E-state index contributed by atoms with van der Waals surface area (Å²) >= 11 is 0. The molecule has 0 spiro atoms. The van der Waals surface area contributed by atoms with Crippen molar-refractivity contribution >= 4 is 14.3 Å². The van der Waals surface area contributed by atoms with Crippen LogP contribution in [0.15, 0.2) is 30.3 Å². The Hall–Kier alpha value is -1.09. The Kier molecular flexibility index (Phi) is 4.15. The molecule has 0 aliphatic rings. The van der Waals surface area contributed by atoms with Crippen LogP contribution in [-0.2, 0) is 15.6 Å². The van der Waals surface area contributed by atoms with Gasteiger partial charge in [0.2, 0.25) is 0 Å². The minimum atomic E-state index is -1.97. The van der Waals surface area contributed by atoms with Crippen LogP contribution in [0.5, 0.6) is 0 Å². The van der Waals surface area contributed by atoms with Crippen molar-refractivity contribution in [1.82, 2.24) is 0 Å². The summed E-state index contributed by atoms with van der Waals surface area (Å²) in [5, 5.41) is 0.0688. The summed E-state index contributed by atoms with van der Waals surface area (Å²) in [6.07, 6.45) is 0.368. The van der Waals surface area contributed by atoms with Crippen molar-refractivity contribution in [2.75, 3.05) is 0 Å². The third-order valence-corrected chi connectivity index (χ3v) is 7.72. The van der Waals surface area contributed by atoms with Gasteiger partial charge in [-0.1, -0.05) is 51.1 Å². The molecule has 0 aliphatic carbocycles. The second-order valence-electron chi connectivity index (χ2n) is 5.90. The fourth-order valence-corrected chi connectivity index (χ4v) is 2.18. The zero-order valence-electron chi connectivity index (χ0n) is 11.4.